The standard InChI is InChI=1S/C20H32O4/c1-19-7-6-12(24-3)8-11(19)4-5-13-14(19)9-16(22)20(2)17(23)10-15(21)18(13)20/h11-16,18,21-22H,4-10H2,1-3H3. The molecule has 4 fully saturated rings. The average Bonchev–Trinajstić information content (AvgIpc) is 2.79. The minimum absolute atomic E-state index is 0.0586. The van der Waals surface area contributed by atoms with Crippen LogP contribution in [0.4, 0.5) is 0 Å². The highest BCUT2D eigenvalue weighted by molar-refractivity contribution is 5.88. The first-order valence-electron chi connectivity index (χ1n) is 9.74. The molecule has 9 atom stereocenters. The van der Waals surface area contributed by atoms with Crippen LogP contribution in [0.3, 0.4) is 0 Å². The molecule has 4 saturated carbocycles. The van der Waals surface area contributed by atoms with Crippen molar-refractivity contribution in [1.29, 1.82) is 0 Å². The Kier molecular flexibility index (Phi) is 3.91. The fourth-order valence-electron chi connectivity index (χ4n) is 7.23. The Bertz CT molecular complexity index is 534. The SMILES string of the molecule is COC1CCC2(C)C(CCC3C2CC(O)C2(C)C(=O)CC(O)C32)C1. The minimum atomic E-state index is -0.729. The van der Waals surface area contributed by atoms with E-state index in [4.69, 9.17) is 4.74 Å². The van der Waals surface area contributed by atoms with E-state index >= 15 is 0 Å². The summed E-state index contributed by atoms with van der Waals surface area (Å²) in [4.78, 5) is 12.5. The highest BCUT2D eigenvalue weighted by Gasteiger charge is 2.66. The number of hydrogen-bond donors (Lipinski definition) is 2. The van der Waals surface area contributed by atoms with Crippen molar-refractivity contribution in [3.8, 4) is 0 Å². The fraction of sp³-hybridized carbons (Fsp3) is 0.950. The zero-order valence-corrected chi connectivity index (χ0v) is 15.2. The van der Waals surface area contributed by atoms with Gasteiger partial charge in [0.15, 0.2) is 0 Å². The van der Waals surface area contributed by atoms with E-state index in [1.165, 1.54) is 6.42 Å². The summed E-state index contributed by atoms with van der Waals surface area (Å²) in [5.41, 5.74) is -0.515. The van der Waals surface area contributed by atoms with Gasteiger partial charge in [0.2, 0.25) is 0 Å². The van der Waals surface area contributed by atoms with Crippen LogP contribution >= 0.6 is 0 Å². The van der Waals surface area contributed by atoms with Crippen LogP contribution in [0.25, 0.3) is 0 Å². The lowest BCUT2D eigenvalue weighted by molar-refractivity contribution is -0.179. The highest BCUT2D eigenvalue weighted by atomic mass is 16.5. The molecule has 4 heteroatoms. The van der Waals surface area contributed by atoms with Crippen LogP contribution < -0.4 is 0 Å². The van der Waals surface area contributed by atoms with Gasteiger partial charge in [-0.05, 0) is 68.6 Å². The van der Waals surface area contributed by atoms with Gasteiger partial charge in [-0.25, -0.2) is 0 Å². The van der Waals surface area contributed by atoms with Crippen LogP contribution in [0.5, 0.6) is 0 Å². The minimum Gasteiger partial charge on any atom is -0.392 e. The van der Waals surface area contributed by atoms with E-state index in [1.807, 2.05) is 14.0 Å². The number of fused-ring (bicyclic) bond motifs is 5. The molecule has 0 aromatic carbocycles. The van der Waals surface area contributed by atoms with Gasteiger partial charge in [0.05, 0.1) is 23.7 Å². The molecule has 4 nitrogen and oxygen atoms in total. The van der Waals surface area contributed by atoms with E-state index < -0.39 is 17.6 Å². The third-order valence-corrected chi connectivity index (χ3v) is 8.76. The predicted octanol–water partition coefficient (Wildman–Crippen LogP) is 2.55. The molecule has 0 spiro atoms. The summed E-state index contributed by atoms with van der Waals surface area (Å²) in [7, 11) is 1.81. The van der Waals surface area contributed by atoms with Crippen LogP contribution in [0.1, 0.15) is 58.8 Å². The first kappa shape index (κ1) is 17.0. The average molecular weight is 336 g/mol. The fourth-order valence-corrected chi connectivity index (χ4v) is 7.23. The smallest absolute Gasteiger partial charge is 0.144 e. The Morgan fingerprint density at radius 1 is 1.12 bits per heavy atom. The molecule has 24 heavy (non-hydrogen) atoms. The molecule has 4 aliphatic carbocycles. The largest absolute Gasteiger partial charge is 0.392 e. The molecule has 0 aromatic heterocycles. The Labute approximate surface area is 145 Å². The lowest BCUT2D eigenvalue weighted by atomic mass is 9.44. The summed E-state index contributed by atoms with van der Waals surface area (Å²) in [5, 5.41) is 21.5. The Balaban J connectivity index is 1.67. The Morgan fingerprint density at radius 2 is 1.88 bits per heavy atom. The van der Waals surface area contributed by atoms with E-state index in [0.29, 0.717) is 23.9 Å². The number of aliphatic hydroxyl groups excluding tert-OH is 2. The first-order chi connectivity index (χ1) is 11.3. The van der Waals surface area contributed by atoms with Gasteiger partial charge in [-0.1, -0.05) is 6.92 Å². The zero-order chi connectivity index (χ0) is 17.3. The summed E-state index contributed by atoms with van der Waals surface area (Å²) < 4.78 is 5.62. The van der Waals surface area contributed by atoms with Crippen LogP contribution in [0, 0.1) is 34.5 Å². The highest BCUT2D eigenvalue weighted by Crippen LogP contribution is 2.65. The molecule has 0 aliphatic heterocycles. The van der Waals surface area contributed by atoms with Crippen molar-refractivity contribution < 1.29 is 19.7 Å². The van der Waals surface area contributed by atoms with Crippen molar-refractivity contribution in [2.24, 2.45) is 34.5 Å². The number of ether oxygens (including phenoxy) is 1. The van der Waals surface area contributed by atoms with Crippen molar-refractivity contribution in [3.63, 3.8) is 0 Å². The Hall–Kier alpha value is -0.450. The maximum absolute atomic E-state index is 12.5. The second-order valence-corrected chi connectivity index (χ2v) is 9.44. The molecular formula is C20H32O4. The lowest BCUT2D eigenvalue weighted by Crippen LogP contribution is -2.59. The molecule has 0 aromatic rings. The molecular weight excluding hydrogens is 304 g/mol. The summed E-state index contributed by atoms with van der Waals surface area (Å²) >= 11 is 0. The van der Waals surface area contributed by atoms with Crippen LogP contribution in [0.15, 0.2) is 0 Å². The van der Waals surface area contributed by atoms with Gasteiger partial charge in [0, 0.05) is 19.4 Å². The molecule has 136 valence electrons. The number of carbonyl (C=O) groups is 1. The molecule has 0 radical (unpaired) electrons. The van der Waals surface area contributed by atoms with E-state index in [9.17, 15) is 15.0 Å². The summed E-state index contributed by atoms with van der Waals surface area (Å²) in [6, 6.07) is 0. The maximum Gasteiger partial charge on any atom is 0.144 e. The van der Waals surface area contributed by atoms with Crippen molar-refractivity contribution in [1.82, 2.24) is 0 Å². The zero-order valence-electron chi connectivity index (χ0n) is 15.2. The van der Waals surface area contributed by atoms with Crippen LogP contribution in [-0.4, -0.2) is 41.4 Å². The van der Waals surface area contributed by atoms with Gasteiger partial charge in [-0.15, -0.1) is 0 Å². The van der Waals surface area contributed by atoms with E-state index in [1.54, 1.807) is 0 Å². The Morgan fingerprint density at radius 3 is 2.58 bits per heavy atom. The second-order valence-electron chi connectivity index (χ2n) is 9.44. The topological polar surface area (TPSA) is 66.8 Å². The monoisotopic (exact) mass is 336 g/mol. The number of Topliss-reactive ketones (excluding diaryl/α,β-unsaturated/α-hetero) is 1. The van der Waals surface area contributed by atoms with E-state index in [-0.39, 0.29) is 23.5 Å². The van der Waals surface area contributed by atoms with Crippen molar-refractivity contribution in [2.75, 3.05) is 7.11 Å². The molecule has 0 heterocycles. The van der Waals surface area contributed by atoms with Crippen LogP contribution in [-0.2, 0) is 9.53 Å². The number of hydrogen-bond acceptors (Lipinski definition) is 4. The van der Waals surface area contributed by atoms with Crippen molar-refractivity contribution in [3.05, 3.63) is 0 Å². The quantitative estimate of drug-likeness (QED) is 0.772. The number of ketones is 1. The van der Waals surface area contributed by atoms with Gasteiger partial charge in [-0.2, -0.15) is 0 Å². The number of carbonyl (C=O) groups excluding carboxylic acids is 1. The molecule has 0 saturated heterocycles. The van der Waals surface area contributed by atoms with E-state index in [0.717, 1.165) is 32.1 Å². The van der Waals surface area contributed by atoms with Gasteiger partial charge < -0.3 is 14.9 Å². The summed E-state index contributed by atoms with van der Waals surface area (Å²) in [6.45, 7) is 4.31. The maximum atomic E-state index is 12.5. The number of rotatable bonds is 1. The van der Waals surface area contributed by atoms with Crippen molar-refractivity contribution >= 4 is 5.78 Å². The van der Waals surface area contributed by atoms with Crippen molar-refractivity contribution in [2.45, 2.75) is 77.1 Å². The molecule has 2 N–H and O–H groups in total. The van der Waals surface area contributed by atoms with Gasteiger partial charge in [0.25, 0.3) is 0 Å². The van der Waals surface area contributed by atoms with Gasteiger partial charge >= 0.3 is 0 Å². The normalized spacial score (nSPS) is 57.2. The molecule has 0 bridgehead atoms. The predicted molar refractivity (Wildman–Crippen MR) is 90.3 cm³/mol. The van der Waals surface area contributed by atoms with Gasteiger partial charge in [0.1, 0.15) is 5.78 Å². The van der Waals surface area contributed by atoms with Gasteiger partial charge in [-0.3, -0.25) is 4.79 Å². The third-order valence-electron chi connectivity index (χ3n) is 8.76. The number of aliphatic hydroxyl groups is 2. The second kappa shape index (κ2) is 5.52. The molecule has 4 rings (SSSR count). The molecule has 4 aliphatic rings. The molecule has 9 unspecified atom stereocenters. The van der Waals surface area contributed by atoms with Crippen LogP contribution in [0.2, 0.25) is 0 Å². The summed E-state index contributed by atoms with van der Waals surface area (Å²) in [6.07, 6.45) is 5.74. The summed E-state index contributed by atoms with van der Waals surface area (Å²) in [5.74, 6) is 1.45. The number of methoxy groups -OCH3 is 1. The first-order valence-corrected chi connectivity index (χ1v) is 9.74. The third kappa shape index (κ3) is 2.05. The van der Waals surface area contributed by atoms with E-state index in [2.05, 4.69) is 6.92 Å². The molecule has 0 amide bonds. The lowest BCUT2D eigenvalue weighted by Gasteiger charge is -2.61.